The van der Waals surface area contributed by atoms with Crippen LogP contribution in [0.5, 0.6) is 0 Å². The summed E-state index contributed by atoms with van der Waals surface area (Å²) >= 11 is 11.4. The summed E-state index contributed by atoms with van der Waals surface area (Å²) < 4.78 is 26.4. The lowest BCUT2D eigenvalue weighted by Gasteiger charge is -2.08. The number of anilines is 1. The molecular weight excluding hydrogens is 311 g/mol. The third kappa shape index (κ3) is 3.28. The number of hydrogen-bond acceptors (Lipinski definition) is 3. The van der Waals surface area contributed by atoms with Crippen LogP contribution in [-0.4, -0.2) is 13.4 Å². The maximum atomic E-state index is 12.0. The fraction of sp³-hybridized carbons (Fsp3) is 0. The van der Waals surface area contributed by atoms with Crippen LogP contribution in [0.4, 0.5) is 5.69 Å². The lowest BCUT2D eigenvalue weighted by atomic mass is 10.3. The minimum atomic E-state index is -3.83. The molecule has 0 atom stereocenters. The quantitative estimate of drug-likeness (QED) is 0.912. The van der Waals surface area contributed by atoms with Crippen molar-refractivity contribution in [2.24, 2.45) is 0 Å². The lowest BCUT2D eigenvalue weighted by Crippen LogP contribution is -2.16. The van der Waals surface area contributed by atoms with Gasteiger partial charge in [-0.05, 0) is 24.3 Å². The van der Waals surface area contributed by atoms with Gasteiger partial charge in [0.05, 0.1) is 5.69 Å². The van der Waals surface area contributed by atoms with Gasteiger partial charge in [0.2, 0.25) is 0 Å². The van der Waals surface area contributed by atoms with Gasteiger partial charge in [-0.25, -0.2) is 8.42 Å². The molecule has 0 spiro atoms. The molecule has 2 aromatic rings. The Morgan fingerprint density at radius 2 is 1.89 bits per heavy atom. The van der Waals surface area contributed by atoms with Crippen molar-refractivity contribution in [1.82, 2.24) is 4.98 Å². The van der Waals surface area contributed by atoms with Gasteiger partial charge in [0, 0.05) is 11.2 Å². The molecule has 19 heavy (non-hydrogen) atoms. The van der Waals surface area contributed by atoms with Crippen molar-refractivity contribution in [2.75, 3.05) is 4.72 Å². The van der Waals surface area contributed by atoms with Crippen molar-refractivity contribution >= 4 is 38.9 Å². The van der Waals surface area contributed by atoms with E-state index in [0.717, 1.165) is 12.3 Å². The third-order valence-corrected chi connectivity index (χ3v) is 4.10. The summed E-state index contributed by atoms with van der Waals surface area (Å²) in [6.07, 6.45) is 1.07. The standard InChI is InChI=1S/C11H8Cl2N2O3S/c12-7-2-1-3-8(4-7)15-19(17,18)9-5-10(13)11(16)14-6-9/h1-6,15H,(H,14,16). The summed E-state index contributed by atoms with van der Waals surface area (Å²) in [5.74, 6) is 0. The normalized spacial score (nSPS) is 11.3. The van der Waals surface area contributed by atoms with Crippen LogP contribution in [0.25, 0.3) is 0 Å². The topological polar surface area (TPSA) is 79.0 Å². The third-order valence-electron chi connectivity index (χ3n) is 2.22. The summed E-state index contributed by atoms with van der Waals surface area (Å²) in [6, 6.07) is 7.33. The maximum absolute atomic E-state index is 12.0. The molecule has 0 bridgehead atoms. The highest BCUT2D eigenvalue weighted by Gasteiger charge is 2.15. The van der Waals surface area contributed by atoms with Gasteiger partial charge in [0.15, 0.2) is 0 Å². The number of benzene rings is 1. The highest BCUT2D eigenvalue weighted by atomic mass is 35.5. The molecular formula is C11H8Cl2N2O3S. The molecule has 100 valence electrons. The van der Waals surface area contributed by atoms with Crippen LogP contribution in [0.3, 0.4) is 0 Å². The summed E-state index contributed by atoms with van der Waals surface area (Å²) in [4.78, 5) is 13.2. The Kier molecular flexibility index (Phi) is 3.84. The molecule has 0 radical (unpaired) electrons. The largest absolute Gasteiger partial charge is 0.326 e. The Labute approximate surface area is 119 Å². The second kappa shape index (κ2) is 5.24. The molecule has 0 unspecified atom stereocenters. The van der Waals surface area contributed by atoms with E-state index in [9.17, 15) is 13.2 Å². The van der Waals surface area contributed by atoms with Crippen molar-refractivity contribution in [3.8, 4) is 0 Å². The lowest BCUT2D eigenvalue weighted by molar-refractivity contribution is 0.600. The Morgan fingerprint density at radius 3 is 2.53 bits per heavy atom. The summed E-state index contributed by atoms with van der Waals surface area (Å²) in [5.41, 5.74) is -0.238. The van der Waals surface area contributed by atoms with Gasteiger partial charge in [-0.15, -0.1) is 0 Å². The molecule has 0 aliphatic heterocycles. The zero-order valence-electron chi connectivity index (χ0n) is 9.35. The van der Waals surface area contributed by atoms with Crippen LogP contribution in [0.1, 0.15) is 0 Å². The van der Waals surface area contributed by atoms with Crippen LogP contribution < -0.4 is 10.3 Å². The average Bonchev–Trinajstić information content (AvgIpc) is 2.32. The van der Waals surface area contributed by atoms with E-state index in [1.165, 1.54) is 6.07 Å². The van der Waals surface area contributed by atoms with Gasteiger partial charge in [-0.3, -0.25) is 9.52 Å². The number of aromatic amines is 1. The van der Waals surface area contributed by atoms with E-state index in [1.54, 1.807) is 18.2 Å². The second-order valence-electron chi connectivity index (χ2n) is 3.63. The predicted molar refractivity (Wildman–Crippen MR) is 74.3 cm³/mol. The number of hydrogen-bond donors (Lipinski definition) is 2. The SMILES string of the molecule is O=c1[nH]cc(S(=O)(=O)Nc2cccc(Cl)c2)cc1Cl. The first kappa shape index (κ1) is 13.9. The fourth-order valence-corrected chi connectivity index (χ4v) is 2.83. The summed E-state index contributed by atoms with van der Waals surface area (Å²) in [6.45, 7) is 0. The molecule has 0 saturated carbocycles. The summed E-state index contributed by atoms with van der Waals surface area (Å²) in [7, 11) is -3.83. The molecule has 2 rings (SSSR count). The van der Waals surface area contributed by atoms with E-state index in [0.29, 0.717) is 10.7 Å². The first-order valence-corrected chi connectivity index (χ1v) is 7.29. The van der Waals surface area contributed by atoms with E-state index >= 15 is 0 Å². The minimum absolute atomic E-state index is 0.142. The van der Waals surface area contributed by atoms with Crippen molar-refractivity contribution in [3.63, 3.8) is 0 Å². The molecule has 0 fully saturated rings. The molecule has 0 amide bonds. The number of sulfonamides is 1. The number of pyridine rings is 1. The van der Waals surface area contributed by atoms with Crippen molar-refractivity contribution in [3.05, 3.63) is 56.9 Å². The second-order valence-corrected chi connectivity index (χ2v) is 6.15. The van der Waals surface area contributed by atoms with Gasteiger partial charge >= 0.3 is 0 Å². The molecule has 0 aliphatic rings. The Hall–Kier alpha value is -1.50. The molecule has 0 saturated heterocycles. The van der Waals surface area contributed by atoms with Crippen LogP contribution in [0.15, 0.2) is 46.2 Å². The molecule has 1 aromatic carbocycles. The molecule has 1 aromatic heterocycles. The van der Waals surface area contributed by atoms with Crippen LogP contribution in [0.2, 0.25) is 10.0 Å². The smallest absolute Gasteiger partial charge is 0.266 e. The van der Waals surface area contributed by atoms with E-state index in [4.69, 9.17) is 23.2 Å². The van der Waals surface area contributed by atoms with Crippen molar-refractivity contribution in [1.29, 1.82) is 0 Å². The Bertz CT molecular complexity index is 772. The number of H-pyrrole nitrogens is 1. The van der Waals surface area contributed by atoms with Crippen molar-refractivity contribution < 1.29 is 8.42 Å². The van der Waals surface area contributed by atoms with E-state index < -0.39 is 15.6 Å². The van der Waals surface area contributed by atoms with Gasteiger partial charge in [0.25, 0.3) is 15.6 Å². The zero-order valence-corrected chi connectivity index (χ0v) is 11.7. The van der Waals surface area contributed by atoms with Gasteiger partial charge in [-0.1, -0.05) is 29.3 Å². The molecule has 5 nitrogen and oxygen atoms in total. The molecule has 8 heteroatoms. The van der Waals surface area contributed by atoms with E-state index in [-0.39, 0.29) is 9.92 Å². The van der Waals surface area contributed by atoms with Gasteiger partial charge < -0.3 is 4.98 Å². The predicted octanol–water partition coefficient (Wildman–Crippen LogP) is 2.48. The number of rotatable bonds is 3. The molecule has 1 heterocycles. The Morgan fingerprint density at radius 1 is 1.16 bits per heavy atom. The minimum Gasteiger partial charge on any atom is -0.326 e. The monoisotopic (exact) mass is 318 g/mol. The summed E-state index contributed by atoms with van der Waals surface area (Å²) in [5, 5.41) is 0.202. The molecule has 2 N–H and O–H groups in total. The maximum Gasteiger partial charge on any atom is 0.266 e. The van der Waals surface area contributed by atoms with Gasteiger partial charge in [-0.2, -0.15) is 0 Å². The Balaban J connectivity index is 2.37. The molecule has 0 aliphatic carbocycles. The van der Waals surface area contributed by atoms with Crippen molar-refractivity contribution in [2.45, 2.75) is 4.90 Å². The van der Waals surface area contributed by atoms with Crippen LogP contribution in [0, 0.1) is 0 Å². The number of aromatic nitrogens is 1. The first-order valence-electron chi connectivity index (χ1n) is 5.05. The zero-order chi connectivity index (χ0) is 14.0. The highest BCUT2D eigenvalue weighted by molar-refractivity contribution is 7.92. The van der Waals surface area contributed by atoms with E-state index in [2.05, 4.69) is 9.71 Å². The van der Waals surface area contributed by atoms with E-state index in [1.807, 2.05) is 0 Å². The number of nitrogens with one attached hydrogen (secondary N) is 2. The fourth-order valence-electron chi connectivity index (χ4n) is 1.36. The first-order chi connectivity index (χ1) is 8.88. The van der Waals surface area contributed by atoms with Gasteiger partial charge in [0.1, 0.15) is 9.92 Å². The van der Waals surface area contributed by atoms with Crippen LogP contribution in [-0.2, 0) is 10.0 Å². The van der Waals surface area contributed by atoms with Crippen LogP contribution >= 0.6 is 23.2 Å². The highest BCUT2D eigenvalue weighted by Crippen LogP contribution is 2.19. The average molecular weight is 319 g/mol. The number of halogens is 2.